The highest BCUT2D eigenvalue weighted by Gasteiger charge is 2.24. The molecule has 0 radical (unpaired) electrons. The molecule has 94 valence electrons. The fraction of sp³-hybridized carbons (Fsp3) is 0.917. The van der Waals surface area contributed by atoms with Crippen molar-refractivity contribution in [1.82, 2.24) is 10.2 Å². The molecular formula is C12H24N2O2. The molecule has 1 rings (SSSR count). The van der Waals surface area contributed by atoms with Gasteiger partial charge in [-0.3, -0.25) is 4.79 Å². The van der Waals surface area contributed by atoms with Crippen molar-refractivity contribution < 1.29 is 9.90 Å². The lowest BCUT2D eigenvalue weighted by Gasteiger charge is -2.33. The van der Waals surface area contributed by atoms with E-state index in [9.17, 15) is 4.79 Å². The van der Waals surface area contributed by atoms with Gasteiger partial charge in [0.1, 0.15) is 0 Å². The van der Waals surface area contributed by atoms with Crippen LogP contribution in [0.1, 0.15) is 33.1 Å². The number of hydrogen-bond acceptors (Lipinski definition) is 3. The number of nitrogens with zero attached hydrogens (tertiary/aromatic N) is 1. The molecule has 0 aromatic rings. The van der Waals surface area contributed by atoms with E-state index in [1.807, 2.05) is 13.8 Å². The van der Waals surface area contributed by atoms with Crippen molar-refractivity contribution >= 4 is 5.97 Å². The Bertz CT molecular complexity index is 241. The molecule has 16 heavy (non-hydrogen) atoms. The molecular weight excluding hydrogens is 204 g/mol. The maximum absolute atomic E-state index is 10.7. The van der Waals surface area contributed by atoms with Crippen LogP contribution in [0.5, 0.6) is 0 Å². The molecule has 1 aliphatic rings. The van der Waals surface area contributed by atoms with Crippen molar-refractivity contribution in [3.63, 3.8) is 0 Å². The van der Waals surface area contributed by atoms with Gasteiger partial charge in [0.05, 0.1) is 6.42 Å². The molecule has 1 unspecified atom stereocenters. The van der Waals surface area contributed by atoms with Crippen LogP contribution in [-0.4, -0.2) is 48.7 Å². The summed E-state index contributed by atoms with van der Waals surface area (Å²) in [5.41, 5.74) is -0.165. The molecule has 0 amide bonds. The third kappa shape index (κ3) is 4.94. The minimum atomic E-state index is -0.715. The highest BCUT2D eigenvalue weighted by molar-refractivity contribution is 5.67. The Kier molecular flexibility index (Phi) is 4.74. The standard InChI is InChI=1S/C12H24N2O2/c1-12(2,7-11(15)16)9-13-10-5-4-6-14(3)8-10/h10,13H,4-9H2,1-3H3,(H,15,16). The Hall–Kier alpha value is -0.610. The van der Waals surface area contributed by atoms with Gasteiger partial charge in [0.15, 0.2) is 0 Å². The molecule has 0 saturated carbocycles. The van der Waals surface area contributed by atoms with Gasteiger partial charge in [-0.25, -0.2) is 0 Å². The summed E-state index contributed by atoms with van der Waals surface area (Å²) in [6.07, 6.45) is 2.66. The minimum Gasteiger partial charge on any atom is -0.481 e. The topological polar surface area (TPSA) is 52.6 Å². The average molecular weight is 228 g/mol. The van der Waals surface area contributed by atoms with Gasteiger partial charge in [0.2, 0.25) is 0 Å². The maximum atomic E-state index is 10.7. The fourth-order valence-corrected chi connectivity index (χ4v) is 2.23. The molecule has 4 nitrogen and oxygen atoms in total. The number of carboxylic acids is 1. The largest absolute Gasteiger partial charge is 0.481 e. The Morgan fingerprint density at radius 1 is 1.56 bits per heavy atom. The highest BCUT2D eigenvalue weighted by atomic mass is 16.4. The zero-order chi connectivity index (χ0) is 12.2. The monoisotopic (exact) mass is 228 g/mol. The number of rotatable bonds is 5. The lowest BCUT2D eigenvalue weighted by molar-refractivity contribution is -0.139. The second-order valence-electron chi connectivity index (χ2n) is 5.72. The summed E-state index contributed by atoms with van der Waals surface area (Å²) in [5.74, 6) is -0.715. The van der Waals surface area contributed by atoms with Gasteiger partial charge >= 0.3 is 5.97 Å². The van der Waals surface area contributed by atoms with Crippen molar-refractivity contribution in [3.05, 3.63) is 0 Å². The van der Waals surface area contributed by atoms with Gasteiger partial charge in [-0.15, -0.1) is 0 Å². The van der Waals surface area contributed by atoms with Crippen LogP contribution in [0.3, 0.4) is 0 Å². The Morgan fingerprint density at radius 2 is 2.25 bits per heavy atom. The Balaban J connectivity index is 2.29. The first kappa shape index (κ1) is 13.5. The van der Waals surface area contributed by atoms with E-state index in [4.69, 9.17) is 5.11 Å². The summed E-state index contributed by atoms with van der Waals surface area (Å²) in [7, 11) is 2.14. The molecule has 0 bridgehead atoms. The zero-order valence-electron chi connectivity index (χ0n) is 10.6. The van der Waals surface area contributed by atoms with Crippen LogP contribution in [-0.2, 0) is 4.79 Å². The quantitative estimate of drug-likeness (QED) is 0.741. The van der Waals surface area contributed by atoms with Crippen LogP contribution in [0.25, 0.3) is 0 Å². The molecule has 4 heteroatoms. The minimum absolute atomic E-state index is 0.165. The third-order valence-corrected chi connectivity index (χ3v) is 3.12. The summed E-state index contributed by atoms with van der Waals surface area (Å²) < 4.78 is 0. The number of likely N-dealkylation sites (tertiary alicyclic amines) is 1. The number of likely N-dealkylation sites (N-methyl/N-ethyl adjacent to an activating group) is 1. The molecule has 0 aromatic heterocycles. The second-order valence-corrected chi connectivity index (χ2v) is 5.72. The van der Waals surface area contributed by atoms with E-state index in [0.717, 1.165) is 13.1 Å². The summed E-state index contributed by atoms with van der Waals surface area (Å²) >= 11 is 0. The summed E-state index contributed by atoms with van der Waals surface area (Å²) in [6, 6.07) is 0.520. The van der Waals surface area contributed by atoms with Crippen LogP contribution < -0.4 is 5.32 Å². The molecule has 0 aromatic carbocycles. The summed E-state index contributed by atoms with van der Waals surface area (Å²) in [4.78, 5) is 13.0. The first-order valence-corrected chi connectivity index (χ1v) is 6.03. The van der Waals surface area contributed by atoms with E-state index in [2.05, 4.69) is 17.3 Å². The highest BCUT2D eigenvalue weighted by Crippen LogP contribution is 2.19. The number of carboxylic acid groups (broad SMARTS) is 1. The van der Waals surface area contributed by atoms with E-state index >= 15 is 0 Å². The Labute approximate surface area is 98.0 Å². The molecule has 1 saturated heterocycles. The number of piperidine rings is 1. The average Bonchev–Trinajstić information content (AvgIpc) is 2.13. The predicted octanol–water partition coefficient (Wildman–Crippen LogP) is 1.17. The Morgan fingerprint density at radius 3 is 2.81 bits per heavy atom. The van der Waals surface area contributed by atoms with Gasteiger partial charge in [0.25, 0.3) is 0 Å². The second kappa shape index (κ2) is 5.64. The van der Waals surface area contributed by atoms with E-state index in [1.54, 1.807) is 0 Å². The van der Waals surface area contributed by atoms with Crippen LogP contribution in [0.15, 0.2) is 0 Å². The lowest BCUT2D eigenvalue weighted by Crippen LogP contribution is -2.47. The van der Waals surface area contributed by atoms with Crippen LogP contribution in [0.4, 0.5) is 0 Å². The maximum Gasteiger partial charge on any atom is 0.303 e. The molecule has 1 fully saturated rings. The van der Waals surface area contributed by atoms with E-state index in [1.165, 1.54) is 19.4 Å². The number of aliphatic carboxylic acids is 1. The van der Waals surface area contributed by atoms with Gasteiger partial charge in [-0.05, 0) is 31.8 Å². The summed E-state index contributed by atoms with van der Waals surface area (Å²) in [6.45, 7) is 7.03. The van der Waals surface area contributed by atoms with Crippen LogP contribution in [0, 0.1) is 5.41 Å². The molecule has 1 atom stereocenters. The third-order valence-electron chi connectivity index (χ3n) is 3.12. The number of carbonyl (C=O) groups is 1. The molecule has 0 aliphatic carbocycles. The zero-order valence-corrected chi connectivity index (χ0v) is 10.6. The molecule has 1 heterocycles. The van der Waals surface area contributed by atoms with Gasteiger partial charge in [0, 0.05) is 19.1 Å². The van der Waals surface area contributed by atoms with Crippen molar-refractivity contribution in [2.75, 3.05) is 26.7 Å². The number of nitrogens with one attached hydrogen (secondary N) is 1. The van der Waals surface area contributed by atoms with Gasteiger partial charge in [-0.2, -0.15) is 0 Å². The van der Waals surface area contributed by atoms with Crippen LogP contribution in [0.2, 0.25) is 0 Å². The lowest BCUT2D eigenvalue weighted by atomic mass is 9.89. The van der Waals surface area contributed by atoms with Crippen molar-refractivity contribution in [3.8, 4) is 0 Å². The van der Waals surface area contributed by atoms with E-state index in [-0.39, 0.29) is 11.8 Å². The van der Waals surface area contributed by atoms with E-state index in [0.29, 0.717) is 6.04 Å². The smallest absolute Gasteiger partial charge is 0.303 e. The first-order chi connectivity index (χ1) is 7.39. The van der Waals surface area contributed by atoms with E-state index < -0.39 is 5.97 Å². The molecule has 1 aliphatic heterocycles. The van der Waals surface area contributed by atoms with Crippen molar-refractivity contribution in [1.29, 1.82) is 0 Å². The van der Waals surface area contributed by atoms with Crippen molar-refractivity contribution in [2.45, 2.75) is 39.2 Å². The fourth-order valence-electron chi connectivity index (χ4n) is 2.23. The van der Waals surface area contributed by atoms with Gasteiger partial charge in [-0.1, -0.05) is 13.8 Å². The van der Waals surface area contributed by atoms with Crippen LogP contribution >= 0.6 is 0 Å². The first-order valence-electron chi connectivity index (χ1n) is 6.03. The normalized spacial score (nSPS) is 23.3. The number of hydrogen-bond donors (Lipinski definition) is 2. The van der Waals surface area contributed by atoms with Crippen molar-refractivity contribution in [2.24, 2.45) is 5.41 Å². The summed E-state index contributed by atoms with van der Waals surface area (Å²) in [5, 5.41) is 12.3. The van der Waals surface area contributed by atoms with Gasteiger partial charge < -0.3 is 15.3 Å². The predicted molar refractivity (Wildman–Crippen MR) is 64.6 cm³/mol. The molecule has 0 spiro atoms. The molecule has 2 N–H and O–H groups in total. The SMILES string of the molecule is CN1CCCC(NCC(C)(C)CC(=O)O)C1.